The molecule has 1 rings (SSSR count). The SMILES string of the molecule is CC(=CO)CC1OCC(C)(C)CO1. The molecule has 1 saturated heterocycles. The van der Waals surface area contributed by atoms with Crippen LogP contribution in [0.25, 0.3) is 0 Å². The van der Waals surface area contributed by atoms with E-state index >= 15 is 0 Å². The largest absolute Gasteiger partial charge is 0.516 e. The minimum Gasteiger partial charge on any atom is -0.516 e. The predicted molar refractivity (Wildman–Crippen MR) is 50.5 cm³/mol. The second-order valence-electron chi connectivity index (χ2n) is 4.40. The first-order chi connectivity index (χ1) is 6.03. The number of aliphatic hydroxyl groups excluding tert-OH is 1. The van der Waals surface area contributed by atoms with Crippen LogP contribution < -0.4 is 0 Å². The summed E-state index contributed by atoms with van der Waals surface area (Å²) in [4.78, 5) is 0. The highest BCUT2D eigenvalue weighted by molar-refractivity contribution is 4.93. The molecule has 0 spiro atoms. The van der Waals surface area contributed by atoms with Crippen molar-refractivity contribution in [2.24, 2.45) is 5.41 Å². The van der Waals surface area contributed by atoms with Crippen molar-refractivity contribution in [3.05, 3.63) is 11.8 Å². The Kier molecular flexibility index (Phi) is 3.33. The molecule has 1 heterocycles. The normalized spacial score (nSPS) is 24.7. The van der Waals surface area contributed by atoms with Crippen molar-refractivity contribution >= 4 is 0 Å². The van der Waals surface area contributed by atoms with E-state index < -0.39 is 0 Å². The summed E-state index contributed by atoms with van der Waals surface area (Å²) in [5.41, 5.74) is 0.998. The smallest absolute Gasteiger partial charge is 0.161 e. The summed E-state index contributed by atoms with van der Waals surface area (Å²) >= 11 is 0. The maximum atomic E-state index is 8.69. The predicted octanol–water partition coefficient (Wildman–Crippen LogP) is 2.24. The van der Waals surface area contributed by atoms with Gasteiger partial charge in [0.05, 0.1) is 19.5 Å². The van der Waals surface area contributed by atoms with Gasteiger partial charge >= 0.3 is 0 Å². The molecule has 0 unspecified atom stereocenters. The molecule has 1 aliphatic heterocycles. The highest BCUT2D eigenvalue weighted by atomic mass is 16.7. The Hall–Kier alpha value is -0.540. The molecule has 76 valence electrons. The van der Waals surface area contributed by atoms with E-state index in [0.717, 1.165) is 25.0 Å². The van der Waals surface area contributed by atoms with Crippen molar-refractivity contribution in [1.29, 1.82) is 0 Å². The average molecular weight is 186 g/mol. The van der Waals surface area contributed by atoms with Crippen LogP contribution in [-0.2, 0) is 9.47 Å². The molecule has 3 heteroatoms. The van der Waals surface area contributed by atoms with E-state index in [2.05, 4.69) is 13.8 Å². The fourth-order valence-corrected chi connectivity index (χ4v) is 1.16. The van der Waals surface area contributed by atoms with Crippen molar-refractivity contribution in [3.8, 4) is 0 Å². The number of aliphatic hydroxyl groups is 1. The molecule has 1 fully saturated rings. The van der Waals surface area contributed by atoms with Crippen molar-refractivity contribution in [3.63, 3.8) is 0 Å². The summed E-state index contributed by atoms with van der Waals surface area (Å²) in [5.74, 6) is 0. The van der Waals surface area contributed by atoms with Gasteiger partial charge in [-0.25, -0.2) is 0 Å². The van der Waals surface area contributed by atoms with Gasteiger partial charge in [-0.1, -0.05) is 13.8 Å². The molecule has 0 radical (unpaired) electrons. The molecule has 13 heavy (non-hydrogen) atoms. The number of ether oxygens (including phenoxy) is 2. The van der Waals surface area contributed by atoms with E-state index in [-0.39, 0.29) is 11.7 Å². The monoisotopic (exact) mass is 186 g/mol. The highest BCUT2D eigenvalue weighted by Crippen LogP contribution is 2.25. The van der Waals surface area contributed by atoms with Crippen LogP contribution in [0.2, 0.25) is 0 Å². The van der Waals surface area contributed by atoms with Gasteiger partial charge in [-0.15, -0.1) is 0 Å². The molecular formula is C10H18O3. The molecule has 0 aromatic heterocycles. The molecule has 0 bridgehead atoms. The maximum Gasteiger partial charge on any atom is 0.161 e. The number of rotatable bonds is 2. The summed E-state index contributed by atoms with van der Waals surface area (Å²) in [6.07, 6.45) is 1.57. The van der Waals surface area contributed by atoms with Crippen molar-refractivity contribution in [1.82, 2.24) is 0 Å². The molecule has 0 aromatic rings. The quantitative estimate of drug-likeness (QED) is 0.672. The fraction of sp³-hybridized carbons (Fsp3) is 0.800. The minimum absolute atomic E-state index is 0.118. The van der Waals surface area contributed by atoms with Crippen molar-refractivity contribution in [2.75, 3.05) is 13.2 Å². The van der Waals surface area contributed by atoms with Gasteiger partial charge in [-0.05, 0) is 12.5 Å². The first-order valence-electron chi connectivity index (χ1n) is 4.56. The Morgan fingerprint density at radius 1 is 1.46 bits per heavy atom. The van der Waals surface area contributed by atoms with Crippen molar-refractivity contribution in [2.45, 2.75) is 33.5 Å². The van der Waals surface area contributed by atoms with Crippen LogP contribution in [0, 0.1) is 5.41 Å². The van der Waals surface area contributed by atoms with Crippen LogP contribution in [0.5, 0.6) is 0 Å². The van der Waals surface area contributed by atoms with E-state index in [1.54, 1.807) is 0 Å². The van der Waals surface area contributed by atoms with Gasteiger partial charge in [0.15, 0.2) is 6.29 Å². The van der Waals surface area contributed by atoms with E-state index in [4.69, 9.17) is 14.6 Å². The Morgan fingerprint density at radius 2 is 2.00 bits per heavy atom. The summed E-state index contributed by atoms with van der Waals surface area (Å²) in [5, 5.41) is 8.69. The van der Waals surface area contributed by atoms with Crippen LogP contribution in [0.4, 0.5) is 0 Å². The third kappa shape index (κ3) is 3.36. The second kappa shape index (κ2) is 4.11. The zero-order valence-corrected chi connectivity index (χ0v) is 8.54. The molecule has 0 atom stereocenters. The van der Waals surface area contributed by atoms with E-state index in [1.807, 2.05) is 6.92 Å². The van der Waals surface area contributed by atoms with Crippen LogP contribution in [-0.4, -0.2) is 24.6 Å². The molecule has 1 N–H and O–H groups in total. The second-order valence-corrected chi connectivity index (χ2v) is 4.40. The zero-order valence-electron chi connectivity index (χ0n) is 8.54. The van der Waals surface area contributed by atoms with Gasteiger partial charge in [0, 0.05) is 11.8 Å². The van der Waals surface area contributed by atoms with Gasteiger partial charge < -0.3 is 14.6 Å². The van der Waals surface area contributed by atoms with Crippen LogP contribution in [0.3, 0.4) is 0 Å². The molecule has 3 nitrogen and oxygen atoms in total. The molecule has 0 aromatic carbocycles. The van der Waals surface area contributed by atoms with E-state index in [0.29, 0.717) is 6.42 Å². The number of hydrogen-bond donors (Lipinski definition) is 1. The van der Waals surface area contributed by atoms with Gasteiger partial charge in [0.2, 0.25) is 0 Å². The van der Waals surface area contributed by atoms with Gasteiger partial charge in [-0.3, -0.25) is 0 Å². The summed E-state index contributed by atoms with van der Waals surface area (Å²) in [6.45, 7) is 7.51. The van der Waals surface area contributed by atoms with Gasteiger partial charge in [-0.2, -0.15) is 0 Å². The molecule has 1 aliphatic rings. The number of hydrogen-bond acceptors (Lipinski definition) is 3. The third-order valence-electron chi connectivity index (χ3n) is 2.03. The molecule has 0 aliphatic carbocycles. The lowest BCUT2D eigenvalue weighted by Gasteiger charge is -2.34. The zero-order chi connectivity index (χ0) is 9.90. The molecular weight excluding hydrogens is 168 g/mol. The van der Waals surface area contributed by atoms with Crippen LogP contribution in [0.1, 0.15) is 27.2 Å². The van der Waals surface area contributed by atoms with Crippen molar-refractivity contribution < 1.29 is 14.6 Å². The fourth-order valence-electron chi connectivity index (χ4n) is 1.16. The van der Waals surface area contributed by atoms with Crippen LogP contribution in [0.15, 0.2) is 11.8 Å². The van der Waals surface area contributed by atoms with E-state index in [1.165, 1.54) is 0 Å². The first-order valence-corrected chi connectivity index (χ1v) is 4.56. The standard InChI is InChI=1S/C10H18O3/c1-8(5-11)4-9-12-6-10(2,3)7-13-9/h5,9,11H,4,6-7H2,1-3H3. The van der Waals surface area contributed by atoms with Gasteiger partial charge in [0.25, 0.3) is 0 Å². The summed E-state index contributed by atoms with van der Waals surface area (Å²) < 4.78 is 11.0. The summed E-state index contributed by atoms with van der Waals surface area (Å²) in [6, 6.07) is 0. The third-order valence-corrected chi connectivity index (χ3v) is 2.03. The van der Waals surface area contributed by atoms with Crippen LogP contribution >= 0.6 is 0 Å². The Balaban J connectivity index is 2.33. The maximum absolute atomic E-state index is 8.69. The Morgan fingerprint density at radius 3 is 2.46 bits per heavy atom. The lowest BCUT2D eigenvalue weighted by Crippen LogP contribution is -2.37. The lowest BCUT2D eigenvalue weighted by molar-refractivity contribution is -0.220. The Labute approximate surface area is 79.3 Å². The first kappa shape index (κ1) is 10.5. The Bertz CT molecular complexity index is 186. The highest BCUT2D eigenvalue weighted by Gasteiger charge is 2.28. The minimum atomic E-state index is -0.184. The summed E-state index contributed by atoms with van der Waals surface area (Å²) in [7, 11) is 0. The average Bonchev–Trinajstić information content (AvgIpc) is 2.08. The van der Waals surface area contributed by atoms with E-state index in [9.17, 15) is 0 Å². The molecule has 0 saturated carbocycles. The lowest BCUT2D eigenvalue weighted by atomic mass is 9.95. The van der Waals surface area contributed by atoms with Gasteiger partial charge in [0.1, 0.15) is 0 Å². The molecule has 0 amide bonds. The topological polar surface area (TPSA) is 38.7 Å².